The SMILES string of the molecule is CN(C)Cc1nc2ccc(NC(=O)c3ccccc3C(F)(F)F)cc2n1C. The Kier molecular flexibility index (Phi) is 4.93. The van der Waals surface area contributed by atoms with Crippen LogP contribution in [0, 0.1) is 0 Å². The molecule has 0 aliphatic heterocycles. The summed E-state index contributed by atoms with van der Waals surface area (Å²) < 4.78 is 41.3. The molecular weight excluding hydrogens is 357 g/mol. The first-order valence-corrected chi connectivity index (χ1v) is 8.24. The average molecular weight is 376 g/mol. The topological polar surface area (TPSA) is 50.2 Å². The van der Waals surface area contributed by atoms with E-state index < -0.39 is 23.2 Å². The molecule has 3 aromatic rings. The van der Waals surface area contributed by atoms with E-state index in [0.717, 1.165) is 29.0 Å². The molecule has 142 valence electrons. The maximum absolute atomic E-state index is 13.1. The van der Waals surface area contributed by atoms with Crippen LogP contribution in [-0.2, 0) is 19.8 Å². The lowest BCUT2D eigenvalue weighted by atomic mass is 10.1. The van der Waals surface area contributed by atoms with Crippen molar-refractivity contribution in [2.24, 2.45) is 7.05 Å². The van der Waals surface area contributed by atoms with Crippen LogP contribution in [0.15, 0.2) is 42.5 Å². The highest BCUT2D eigenvalue weighted by molar-refractivity contribution is 6.06. The molecule has 1 heterocycles. The van der Waals surface area contributed by atoms with E-state index in [1.807, 2.05) is 30.6 Å². The Labute approximate surface area is 154 Å². The standard InChI is InChI=1S/C19H19F3N4O/c1-25(2)11-17-24-15-9-8-12(10-16(15)26(17)3)23-18(27)13-6-4-5-7-14(13)19(20,21)22/h4-10H,11H2,1-3H3,(H,23,27). The van der Waals surface area contributed by atoms with Gasteiger partial charge in [-0.05, 0) is 44.4 Å². The van der Waals surface area contributed by atoms with Crippen LogP contribution in [0.5, 0.6) is 0 Å². The van der Waals surface area contributed by atoms with Crippen molar-refractivity contribution in [3.8, 4) is 0 Å². The highest BCUT2D eigenvalue weighted by Crippen LogP contribution is 2.32. The number of anilines is 1. The van der Waals surface area contributed by atoms with Crippen LogP contribution in [-0.4, -0.2) is 34.5 Å². The lowest BCUT2D eigenvalue weighted by Gasteiger charge is -2.13. The molecule has 0 radical (unpaired) electrons. The number of alkyl halides is 3. The molecule has 0 bridgehead atoms. The average Bonchev–Trinajstić information content (AvgIpc) is 2.89. The first-order valence-electron chi connectivity index (χ1n) is 8.24. The Bertz CT molecular complexity index is 992. The zero-order valence-electron chi connectivity index (χ0n) is 15.1. The predicted molar refractivity (Wildman–Crippen MR) is 97.5 cm³/mol. The molecule has 0 spiro atoms. The number of carbonyl (C=O) groups excluding carboxylic acids is 1. The molecule has 0 saturated carbocycles. The van der Waals surface area contributed by atoms with E-state index in [-0.39, 0.29) is 0 Å². The Hall–Kier alpha value is -2.87. The number of carbonyl (C=O) groups is 1. The van der Waals surface area contributed by atoms with E-state index in [1.54, 1.807) is 18.2 Å². The molecule has 5 nitrogen and oxygen atoms in total. The number of halogens is 3. The zero-order chi connectivity index (χ0) is 19.8. The minimum Gasteiger partial charge on any atom is -0.330 e. The number of fused-ring (bicyclic) bond motifs is 1. The van der Waals surface area contributed by atoms with Gasteiger partial charge in [0, 0.05) is 12.7 Å². The number of benzene rings is 2. The lowest BCUT2D eigenvalue weighted by Crippen LogP contribution is -2.18. The monoisotopic (exact) mass is 376 g/mol. The van der Waals surface area contributed by atoms with E-state index >= 15 is 0 Å². The summed E-state index contributed by atoms with van der Waals surface area (Å²) in [5.41, 5.74) is 0.571. The molecule has 0 fully saturated rings. The second-order valence-electron chi connectivity index (χ2n) is 6.53. The zero-order valence-corrected chi connectivity index (χ0v) is 15.1. The maximum atomic E-state index is 13.1. The second kappa shape index (κ2) is 7.03. The minimum absolute atomic E-state index is 0.406. The number of nitrogens with one attached hydrogen (secondary N) is 1. The van der Waals surface area contributed by atoms with Gasteiger partial charge >= 0.3 is 6.18 Å². The minimum atomic E-state index is -4.60. The molecule has 0 aliphatic rings. The quantitative estimate of drug-likeness (QED) is 0.751. The molecule has 0 unspecified atom stereocenters. The third kappa shape index (κ3) is 3.95. The lowest BCUT2D eigenvalue weighted by molar-refractivity contribution is -0.137. The summed E-state index contributed by atoms with van der Waals surface area (Å²) in [7, 11) is 5.73. The van der Waals surface area contributed by atoms with Gasteiger partial charge in [-0.2, -0.15) is 13.2 Å². The van der Waals surface area contributed by atoms with Crippen molar-refractivity contribution >= 4 is 22.6 Å². The number of aromatic nitrogens is 2. The second-order valence-corrected chi connectivity index (χ2v) is 6.53. The van der Waals surface area contributed by atoms with Crippen LogP contribution >= 0.6 is 0 Å². The van der Waals surface area contributed by atoms with Gasteiger partial charge in [-0.15, -0.1) is 0 Å². The summed E-state index contributed by atoms with van der Waals surface area (Å²) in [5, 5.41) is 2.55. The van der Waals surface area contributed by atoms with Crippen molar-refractivity contribution in [1.82, 2.24) is 14.5 Å². The van der Waals surface area contributed by atoms with Gasteiger partial charge in [0.2, 0.25) is 0 Å². The van der Waals surface area contributed by atoms with Crippen LogP contribution in [0.3, 0.4) is 0 Å². The fourth-order valence-corrected chi connectivity index (χ4v) is 2.87. The van der Waals surface area contributed by atoms with Crippen molar-refractivity contribution in [3.05, 3.63) is 59.4 Å². The number of imidazole rings is 1. The number of hydrogen-bond acceptors (Lipinski definition) is 3. The number of rotatable bonds is 4. The van der Waals surface area contributed by atoms with Gasteiger partial charge in [-0.1, -0.05) is 12.1 Å². The van der Waals surface area contributed by atoms with Gasteiger partial charge in [0.1, 0.15) is 5.82 Å². The van der Waals surface area contributed by atoms with Crippen LogP contribution in [0.25, 0.3) is 11.0 Å². The molecule has 1 aromatic heterocycles. The van der Waals surface area contributed by atoms with Gasteiger partial charge in [-0.25, -0.2) is 4.98 Å². The van der Waals surface area contributed by atoms with Crippen molar-refractivity contribution < 1.29 is 18.0 Å². The number of hydrogen-bond donors (Lipinski definition) is 1. The molecule has 8 heteroatoms. The summed E-state index contributed by atoms with van der Waals surface area (Å²) in [6, 6.07) is 9.79. The van der Waals surface area contributed by atoms with E-state index in [9.17, 15) is 18.0 Å². The Morgan fingerprint density at radius 1 is 1.19 bits per heavy atom. The van der Waals surface area contributed by atoms with Gasteiger partial charge in [0.25, 0.3) is 5.91 Å². The fraction of sp³-hybridized carbons (Fsp3) is 0.263. The van der Waals surface area contributed by atoms with Crippen LogP contribution in [0.4, 0.5) is 18.9 Å². The van der Waals surface area contributed by atoms with Crippen molar-refractivity contribution in [3.63, 3.8) is 0 Å². The third-order valence-corrected chi connectivity index (χ3v) is 4.17. The van der Waals surface area contributed by atoms with Crippen molar-refractivity contribution in [2.45, 2.75) is 12.7 Å². The van der Waals surface area contributed by atoms with Gasteiger partial charge in [0.05, 0.1) is 28.7 Å². The molecule has 1 amide bonds. The molecule has 0 atom stereocenters. The molecule has 1 N–H and O–H groups in total. The van der Waals surface area contributed by atoms with E-state index in [0.29, 0.717) is 12.2 Å². The molecule has 0 aliphatic carbocycles. The van der Waals surface area contributed by atoms with Crippen molar-refractivity contribution in [1.29, 1.82) is 0 Å². The summed E-state index contributed by atoms with van der Waals surface area (Å²) in [6.07, 6.45) is -4.60. The first kappa shape index (κ1) is 18.9. The summed E-state index contributed by atoms with van der Waals surface area (Å²) in [5.74, 6) is 0.0406. The molecule has 3 rings (SSSR count). The van der Waals surface area contributed by atoms with E-state index in [4.69, 9.17) is 0 Å². The molecule has 2 aromatic carbocycles. The van der Waals surface area contributed by atoms with Crippen LogP contribution in [0.1, 0.15) is 21.7 Å². The van der Waals surface area contributed by atoms with E-state index in [2.05, 4.69) is 10.3 Å². The summed E-state index contributed by atoms with van der Waals surface area (Å²) >= 11 is 0. The highest BCUT2D eigenvalue weighted by atomic mass is 19.4. The molecule has 0 saturated heterocycles. The van der Waals surface area contributed by atoms with Gasteiger partial charge in [0.15, 0.2) is 0 Å². The van der Waals surface area contributed by atoms with Crippen LogP contribution in [0.2, 0.25) is 0 Å². The number of amides is 1. The predicted octanol–water partition coefficient (Wildman–Crippen LogP) is 3.91. The smallest absolute Gasteiger partial charge is 0.330 e. The summed E-state index contributed by atoms with van der Waals surface area (Å²) in [4.78, 5) is 18.9. The fourth-order valence-electron chi connectivity index (χ4n) is 2.87. The molecular formula is C19H19F3N4O. The Morgan fingerprint density at radius 3 is 2.56 bits per heavy atom. The van der Waals surface area contributed by atoms with Crippen LogP contribution < -0.4 is 5.32 Å². The summed E-state index contributed by atoms with van der Waals surface area (Å²) in [6.45, 7) is 0.645. The number of aryl methyl sites for hydroxylation is 1. The Balaban J connectivity index is 1.91. The van der Waals surface area contributed by atoms with Crippen molar-refractivity contribution in [2.75, 3.05) is 19.4 Å². The third-order valence-electron chi connectivity index (χ3n) is 4.17. The Morgan fingerprint density at radius 2 is 1.89 bits per heavy atom. The first-order chi connectivity index (χ1) is 12.7. The maximum Gasteiger partial charge on any atom is 0.417 e. The van der Waals surface area contributed by atoms with Gasteiger partial charge in [-0.3, -0.25) is 4.79 Å². The molecule has 27 heavy (non-hydrogen) atoms. The number of nitrogens with zero attached hydrogens (tertiary/aromatic N) is 3. The largest absolute Gasteiger partial charge is 0.417 e. The van der Waals surface area contributed by atoms with Gasteiger partial charge < -0.3 is 14.8 Å². The highest BCUT2D eigenvalue weighted by Gasteiger charge is 2.34. The van der Waals surface area contributed by atoms with E-state index in [1.165, 1.54) is 12.1 Å². The normalized spacial score (nSPS) is 12.0.